The second-order valence-corrected chi connectivity index (χ2v) is 7.43. The number of rotatable bonds is 3. The Morgan fingerprint density at radius 1 is 1.00 bits per heavy atom. The lowest BCUT2D eigenvalue weighted by Gasteiger charge is -2.47. The summed E-state index contributed by atoms with van der Waals surface area (Å²) in [6.07, 6.45) is 8.83. The summed E-state index contributed by atoms with van der Waals surface area (Å²) in [7, 11) is 0. The lowest BCUT2D eigenvalue weighted by Crippen LogP contribution is -2.46. The van der Waals surface area contributed by atoms with Crippen molar-refractivity contribution < 1.29 is 4.42 Å². The largest absolute Gasteiger partial charge is 0.472 e. The van der Waals surface area contributed by atoms with Crippen molar-refractivity contribution in [3.05, 3.63) is 42.0 Å². The number of aryl methyl sites for hydroxylation is 1. The maximum atomic E-state index is 5.18. The summed E-state index contributed by atoms with van der Waals surface area (Å²) < 4.78 is 5.18. The van der Waals surface area contributed by atoms with Crippen LogP contribution < -0.4 is 4.90 Å². The summed E-state index contributed by atoms with van der Waals surface area (Å²) in [6.45, 7) is 7.64. The van der Waals surface area contributed by atoms with Crippen molar-refractivity contribution in [3.8, 4) is 0 Å². The number of hydrogen-bond acceptors (Lipinski definition) is 5. The fourth-order valence-corrected chi connectivity index (χ4v) is 4.10. The molecule has 2 aliphatic rings. The summed E-state index contributed by atoms with van der Waals surface area (Å²) in [5.74, 6) is 1.04. The van der Waals surface area contributed by atoms with E-state index in [1.807, 2.05) is 13.2 Å². The second-order valence-electron chi connectivity index (χ2n) is 7.43. The standard InChI is InChI=1S/C19H26N4O/c1-16-2-3-18(21-20-16)23-11-7-19(8-12-23)5-9-22(10-6-19)14-17-4-13-24-15-17/h2-4,13,15H,5-12,14H2,1H3. The van der Waals surface area contributed by atoms with E-state index in [1.165, 1.54) is 44.3 Å². The Morgan fingerprint density at radius 2 is 1.75 bits per heavy atom. The zero-order valence-corrected chi connectivity index (χ0v) is 14.4. The number of nitrogens with zero attached hydrogens (tertiary/aromatic N) is 4. The van der Waals surface area contributed by atoms with Crippen LogP contribution in [0, 0.1) is 12.3 Å². The quantitative estimate of drug-likeness (QED) is 0.866. The van der Waals surface area contributed by atoms with Crippen molar-refractivity contribution in [1.82, 2.24) is 15.1 Å². The molecule has 0 amide bonds. The Kier molecular flexibility index (Phi) is 4.27. The zero-order chi connectivity index (χ0) is 16.4. The predicted octanol–water partition coefficient (Wildman–Crippen LogP) is 3.26. The van der Waals surface area contributed by atoms with Gasteiger partial charge < -0.3 is 9.32 Å². The van der Waals surface area contributed by atoms with Gasteiger partial charge in [-0.15, -0.1) is 5.10 Å². The smallest absolute Gasteiger partial charge is 0.151 e. The zero-order valence-electron chi connectivity index (χ0n) is 14.4. The van der Waals surface area contributed by atoms with Crippen LogP contribution in [0.2, 0.25) is 0 Å². The molecule has 2 fully saturated rings. The van der Waals surface area contributed by atoms with E-state index in [1.54, 1.807) is 6.26 Å². The molecule has 0 aliphatic carbocycles. The van der Waals surface area contributed by atoms with E-state index in [-0.39, 0.29) is 0 Å². The van der Waals surface area contributed by atoms with Crippen molar-refractivity contribution in [1.29, 1.82) is 0 Å². The molecule has 128 valence electrons. The number of hydrogen-bond donors (Lipinski definition) is 0. The Hall–Kier alpha value is -1.88. The van der Waals surface area contributed by atoms with Crippen LogP contribution in [0.5, 0.6) is 0 Å². The summed E-state index contributed by atoms with van der Waals surface area (Å²) in [4.78, 5) is 4.96. The fourth-order valence-electron chi connectivity index (χ4n) is 4.10. The molecule has 0 aromatic carbocycles. The molecule has 0 atom stereocenters. The van der Waals surface area contributed by atoms with Crippen LogP contribution in [0.4, 0.5) is 5.82 Å². The third kappa shape index (κ3) is 3.31. The monoisotopic (exact) mass is 326 g/mol. The molecule has 2 aromatic heterocycles. The summed E-state index contributed by atoms with van der Waals surface area (Å²) in [5.41, 5.74) is 2.82. The maximum Gasteiger partial charge on any atom is 0.151 e. The molecule has 5 heteroatoms. The molecular weight excluding hydrogens is 300 g/mol. The highest BCUT2D eigenvalue weighted by molar-refractivity contribution is 5.37. The van der Waals surface area contributed by atoms with Gasteiger partial charge in [0.05, 0.1) is 18.2 Å². The normalized spacial score (nSPS) is 21.3. The van der Waals surface area contributed by atoms with Gasteiger partial charge in [0, 0.05) is 25.2 Å². The topological polar surface area (TPSA) is 45.4 Å². The molecule has 1 spiro atoms. The van der Waals surface area contributed by atoms with E-state index in [9.17, 15) is 0 Å². The van der Waals surface area contributed by atoms with Crippen LogP contribution in [-0.2, 0) is 6.54 Å². The van der Waals surface area contributed by atoms with Crippen molar-refractivity contribution in [3.63, 3.8) is 0 Å². The third-order valence-electron chi connectivity index (χ3n) is 5.83. The van der Waals surface area contributed by atoms with E-state index in [4.69, 9.17) is 4.42 Å². The first-order valence-electron chi connectivity index (χ1n) is 9.01. The van der Waals surface area contributed by atoms with Gasteiger partial charge in [0.25, 0.3) is 0 Å². The van der Waals surface area contributed by atoms with Gasteiger partial charge in [0.1, 0.15) is 0 Å². The van der Waals surface area contributed by atoms with Gasteiger partial charge in [-0.25, -0.2) is 0 Å². The summed E-state index contributed by atoms with van der Waals surface area (Å²) in [5, 5.41) is 8.55. The highest BCUT2D eigenvalue weighted by Crippen LogP contribution is 2.42. The molecule has 0 saturated carbocycles. The Bertz CT molecular complexity index is 635. The van der Waals surface area contributed by atoms with Gasteiger partial charge in [-0.2, -0.15) is 5.10 Å². The third-order valence-corrected chi connectivity index (χ3v) is 5.83. The molecule has 24 heavy (non-hydrogen) atoms. The SMILES string of the molecule is Cc1ccc(N2CCC3(CCN(Cc4ccoc4)CC3)CC2)nn1. The van der Waals surface area contributed by atoms with Crippen molar-refractivity contribution in [2.75, 3.05) is 31.1 Å². The molecular formula is C19H26N4O. The minimum absolute atomic E-state index is 0.543. The molecule has 0 N–H and O–H groups in total. The average molecular weight is 326 g/mol. The van der Waals surface area contributed by atoms with Crippen LogP contribution in [0.3, 0.4) is 0 Å². The average Bonchev–Trinajstić information content (AvgIpc) is 3.12. The van der Waals surface area contributed by atoms with Crippen molar-refractivity contribution in [2.45, 2.75) is 39.2 Å². The van der Waals surface area contributed by atoms with Crippen molar-refractivity contribution in [2.24, 2.45) is 5.41 Å². The van der Waals surface area contributed by atoms with Gasteiger partial charge in [-0.1, -0.05) is 0 Å². The van der Waals surface area contributed by atoms with Crippen LogP contribution >= 0.6 is 0 Å². The molecule has 4 rings (SSSR count). The van der Waals surface area contributed by atoms with Crippen LogP contribution in [0.25, 0.3) is 0 Å². The number of piperidine rings is 2. The molecule has 4 heterocycles. The lowest BCUT2D eigenvalue weighted by atomic mass is 9.71. The molecule has 5 nitrogen and oxygen atoms in total. The number of aromatic nitrogens is 2. The van der Waals surface area contributed by atoms with E-state index in [2.05, 4.69) is 38.2 Å². The molecule has 0 unspecified atom stereocenters. The Balaban J connectivity index is 1.30. The van der Waals surface area contributed by atoms with Crippen LogP contribution in [-0.4, -0.2) is 41.3 Å². The molecule has 2 aromatic rings. The minimum atomic E-state index is 0.543. The first kappa shape index (κ1) is 15.6. The minimum Gasteiger partial charge on any atom is -0.472 e. The fraction of sp³-hybridized carbons (Fsp3) is 0.579. The predicted molar refractivity (Wildman–Crippen MR) is 93.9 cm³/mol. The van der Waals surface area contributed by atoms with E-state index >= 15 is 0 Å². The van der Waals surface area contributed by atoms with E-state index in [0.29, 0.717) is 5.41 Å². The van der Waals surface area contributed by atoms with E-state index in [0.717, 1.165) is 31.1 Å². The highest BCUT2D eigenvalue weighted by atomic mass is 16.3. The lowest BCUT2D eigenvalue weighted by molar-refractivity contribution is 0.0756. The number of anilines is 1. The van der Waals surface area contributed by atoms with Gasteiger partial charge >= 0.3 is 0 Å². The highest BCUT2D eigenvalue weighted by Gasteiger charge is 2.37. The van der Waals surface area contributed by atoms with Gasteiger partial charge in [0.2, 0.25) is 0 Å². The summed E-state index contributed by atoms with van der Waals surface area (Å²) >= 11 is 0. The maximum absolute atomic E-state index is 5.18. The van der Waals surface area contributed by atoms with E-state index < -0.39 is 0 Å². The Morgan fingerprint density at radius 3 is 2.38 bits per heavy atom. The molecule has 2 saturated heterocycles. The van der Waals surface area contributed by atoms with Crippen LogP contribution in [0.1, 0.15) is 36.9 Å². The number of likely N-dealkylation sites (tertiary alicyclic amines) is 1. The number of furan rings is 1. The van der Waals surface area contributed by atoms with Gasteiger partial charge in [-0.3, -0.25) is 4.90 Å². The molecule has 2 aliphatic heterocycles. The van der Waals surface area contributed by atoms with Crippen molar-refractivity contribution >= 4 is 5.82 Å². The first-order chi connectivity index (χ1) is 11.7. The van der Waals surface area contributed by atoms with Gasteiger partial charge in [0.15, 0.2) is 5.82 Å². The Labute approximate surface area is 143 Å². The second kappa shape index (κ2) is 6.55. The molecule has 0 bridgehead atoms. The summed E-state index contributed by atoms with van der Waals surface area (Å²) in [6, 6.07) is 6.24. The van der Waals surface area contributed by atoms with Gasteiger partial charge in [-0.05, 0) is 69.3 Å². The molecule has 0 radical (unpaired) electrons. The van der Waals surface area contributed by atoms with Crippen LogP contribution in [0.15, 0.2) is 35.1 Å². The first-order valence-corrected chi connectivity index (χ1v) is 9.01.